The molecule has 0 amide bonds. The summed E-state index contributed by atoms with van der Waals surface area (Å²) in [5.74, 6) is 1.62. The van der Waals surface area contributed by atoms with E-state index in [0.29, 0.717) is 0 Å². The van der Waals surface area contributed by atoms with Crippen LogP contribution in [0.25, 0.3) is 0 Å². The van der Waals surface area contributed by atoms with Gasteiger partial charge in [0.15, 0.2) is 11.5 Å². The lowest BCUT2D eigenvalue weighted by Gasteiger charge is -2.30. The van der Waals surface area contributed by atoms with Crippen LogP contribution in [0.2, 0.25) is 0 Å². The Hall–Kier alpha value is -1.69. The molecule has 3 rings (SSSR count). The summed E-state index contributed by atoms with van der Waals surface area (Å²) in [6.45, 7) is 7.08. The molecule has 0 radical (unpaired) electrons. The highest BCUT2D eigenvalue weighted by Crippen LogP contribution is 2.27. The van der Waals surface area contributed by atoms with Crippen molar-refractivity contribution >= 4 is 11.8 Å². The van der Waals surface area contributed by atoms with Gasteiger partial charge >= 0.3 is 0 Å². The van der Waals surface area contributed by atoms with E-state index >= 15 is 0 Å². The van der Waals surface area contributed by atoms with Crippen molar-refractivity contribution in [2.75, 3.05) is 46.7 Å². The summed E-state index contributed by atoms with van der Waals surface area (Å²) in [6.07, 6.45) is 2.13. The summed E-state index contributed by atoms with van der Waals surface area (Å²) in [5.41, 5.74) is 2.76. The predicted molar refractivity (Wildman–Crippen MR) is 107 cm³/mol. The van der Waals surface area contributed by atoms with Crippen LogP contribution in [-0.4, -0.2) is 46.7 Å². The van der Waals surface area contributed by atoms with Gasteiger partial charge in [-0.15, -0.1) is 11.8 Å². The number of rotatable bonds is 7. The largest absolute Gasteiger partial charge is 0.493 e. The molecule has 0 atom stereocenters. The number of benzene rings is 2. The summed E-state index contributed by atoms with van der Waals surface area (Å²) in [6, 6.07) is 15.3. The minimum atomic E-state index is 0.799. The van der Waals surface area contributed by atoms with Crippen LogP contribution in [0.15, 0.2) is 47.4 Å². The van der Waals surface area contributed by atoms with E-state index in [4.69, 9.17) is 9.47 Å². The molecule has 1 aliphatic heterocycles. The van der Waals surface area contributed by atoms with Crippen LogP contribution >= 0.6 is 11.8 Å². The van der Waals surface area contributed by atoms with Crippen LogP contribution in [0.5, 0.6) is 11.5 Å². The van der Waals surface area contributed by atoms with Crippen LogP contribution < -0.4 is 19.3 Å². The van der Waals surface area contributed by atoms with Crippen molar-refractivity contribution in [2.24, 2.45) is 0 Å². The van der Waals surface area contributed by atoms with E-state index < -0.39 is 0 Å². The first-order chi connectivity index (χ1) is 12.7. The molecule has 1 aliphatic rings. The standard InChI is InChI=1S/C21H28N2O2S/c1-24-20-9-6-18(14-21(20)25-2)16-23-12-10-22(11-13-23)15-17-4-7-19(26-3)8-5-17/h4-9,14H,10-13,15-16H2,1-3H3/p+2. The normalized spacial score (nSPS) is 20.0. The van der Waals surface area contributed by atoms with E-state index in [0.717, 1.165) is 24.6 Å². The predicted octanol–water partition coefficient (Wildman–Crippen LogP) is 0.909. The average molecular weight is 375 g/mol. The number of nitrogens with one attached hydrogen (secondary N) is 2. The molecule has 140 valence electrons. The number of hydrogen-bond acceptors (Lipinski definition) is 3. The van der Waals surface area contributed by atoms with Gasteiger partial charge in [0.2, 0.25) is 0 Å². The smallest absolute Gasteiger partial charge is 0.161 e. The fourth-order valence-corrected chi connectivity index (χ4v) is 4.03. The maximum atomic E-state index is 5.43. The van der Waals surface area contributed by atoms with Gasteiger partial charge in [0, 0.05) is 16.0 Å². The molecule has 5 heteroatoms. The SMILES string of the molecule is COc1ccc(C[NH+]2CC[NH+](Cc3ccc(SC)cc3)CC2)cc1OC. The van der Waals surface area contributed by atoms with Crippen LogP contribution in [-0.2, 0) is 13.1 Å². The Kier molecular flexibility index (Phi) is 6.83. The summed E-state index contributed by atoms with van der Waals surface area (Å²) < 4.78 is 10.8. The highest BCUT2D eigenvalue weighted by Gasteiger charge is 2.23. The van der Waals surface area contributed by atoms with E-state index in [1.54, 1.807) is 35.8 Å². The lowest BCUT2D eigenvalue weighted by molar-refractivity contribution is -1.02. The summed E-state index contributed by atoms with van der Waals surface area (Å²) in [7, 11) is 3.38. The van der Waals surface area contributed by atoms with Crippen molar-refractivity contribution in [1.29, 1.82) is 0 Å². The molecule has 2 N–H and O–H groups in total. The number of methoxy groups -OCH3 is 2. The number of quaternary nitrogens is 2. The highest BCUT2D eigenvalue weighted by atomic mass is 32.2. The highest BCUT2D eigenvalue weighted by molar-refractivity contribution is 7.98. The van der Waals surface area contributed by atoms with Gasteiger partial charge in [-0.25, -0.2) is 0 Å². The van der Waals surface area contributed by atoms with Crippen molar-refractivity contribution < 1.29 is 19.3 Å². The molecule has 4 nitrogen and oxygen atoms in total. The van der Waals surface area contributed by atoms with Gasteiger partial charge in [-0.1, -0.05) is 12.1 Å². The number of thioether (sulfide) groups is 1. The van der Waals surface area contributed by atoms with Crippen LogP contribution in [0, 0.1) is 0 Å². The maximum Gasteiger partial charge on any atom is 0.161 e. The molecular formula is C21H30N2O2S+2. The Morgan fingerprint density at radius 1 is 0.769 bits per heavy atom. The second kappa shape index (κ2) is 9.31. The third-order valence-electron chi connectivity index (χ3n) is 5.18. The van der Waals surface area contributed by atoms with Gasteiger partial charge in [0.1, 0.15) is 39.3 Å². The number of ether oxygens (including phenoxy) is 2. The van der Waals surface area contributed by atoms with Gasteiger partial charge in [-0.05, 0) is 36.6 Å². The molecule has 0 spiro atoms. The molecule has 0 bridgehead atoms. The summed E-state index contributed by atoms with van der Waals surface area (Å²) >= 11 is 1.80. The Bertz CT molecular complexity index is 698. The monoisotopic (exact) mass is 374 g/mol. The van der Waals surface area contributed by atoms with Gasteiger partial charge in [-0.2, -0.15) is 0 Å². The van der Waals surface area contributed by atoms with E-state index in [1.807, 2.05) is 6.07 Å². The van der Waals surface area contributed by atoms with Gasteiger partial charge < -0.3 is 19.3 Å². The molecular weight excluding hydrogens is 344 g/mol. The van der Waals surface area contributed by atoms with E-state index in [-0.39, 0.29) is 0 Å². The van der Waals surface area contributed by atoms with Crippen molar-refractivity contribution in [3.8, 4) is 11.5 Å². The Labute approximate surface area is 161 Å². The Morgan fingerprint density at radius 3 is 1.85 bits per heavy atom. The fraction of sp³-hybridized carbons (Fsp3) is 0.429. The first kappa shape index (κ1) is 19.1. The van der Waals surface area contributed by atoms with Crippen LogP contribution in [0.4, 0.5) is 0 Å². The summed E-state index contributed by atoms with van der Waals surface area (Å²) in [4.78, 5) is 4.68. The quantitative estimate of drug-likeness (QED) is 0.706. The molecule has 0 aromatic heterocycles. The van der Waals surface area contributed by atoms with E-state index in [9.17, 15) is 0 Å². The molecule has 0 saturated carbocycles. The van der Waals surface area contributed by atoms with Crippen molar-refractivity contribution in [1.82, 2.24) is 0 Å². The third kappa shape index (κ3) is 4.93. The van der Waals surface area contributed by atoms with Crippen LogP contribution in [0.3, 0.4) is 0 Å². The zero-order valence-corrected chi connectivity index (χ0v) is 16.8. The van der Waals surface area contributed by atoms with Gasteiger partial charge in [-0.3, -0.25) is 0 Å². The average Bonchev–Trinajstić information content (AvgIpc) is 2.70. The third-order valence-corrected chi connectivity index (χ3v) is 5.92. The second-order valence-corrected chi connectivity index (χ2v) is 7.77. The topological polar surface area (TPSA) is 27.3 Å². The molecule has 26 heavy (non-hydrogen) atoms. The Morgan fingerprint density at radius 2 is 1.31 bits per heavy atom. The van der Waals surface area contributed by atoms with E-state index in [2.05, 4.69) is 42.7 Å². The van der Waals surface area contributed by atoms with E-state index in [1.165, 1.54) is 42.2 Å². The zero-order chi connectivity index (χ0) is 18.4. The summed E-state index contributed by atoms with van der Waals surface area (Å²) in [5, 5.41) is 0. The van der Waals surface area contributed by atoms with Crippen molar-refractivity contribution in [3.05, 3.63) is 53.6 Å². The van der Waals surface area contributed by atoms with Crippen molar-refractivity contribution in [3.63, 3.8) is 0 Å². The molecule has 2 aromatic carbocycles. The number of piperazine rings is 1. The molecule has 1 fully saturated rings. The molecule has 0 aliphatic carbocycles. The van der Waals surface area contributed by atoms with Gasteiger partial charge in [0.25, 0.3) is 0 Å². The Balaban J connectivity index is 1.50. The van der Waals surface area contributed by atoms with Crippen molar-refractivity contribution in [2.45, 2.75) is 18.0 Å². The maximum absolute atomic E-state index is 5.43. The minimum absolute atomic E-state index is 0.799. The zero-order valence-electron chi connectivity index (χ0n) is 16.0. The van der Waals surface area contributed by atoms with Gasteiger partial charge in [0.05, 0.1) is 14.2 Å². The first-order valence-electron chi connectivity index (χ1n) is 9.22. The minimum Gasteiger partial charge on any atom is -0.493 e. The molecule has 2 aromatic rings. The number of hydrogen-bond donors (Lipinski definition) is 2. The lowest BCUT2D eigenvalue weighted by Crippen LogP contribution is -3.27. The first-order valence-corrected chi connectivity index (χ1v) is 10.4. The molecule has 0 unspecified atom stereocenters. The molecule has 1 saturated heterocycles. The van der Waals surface area contributed by atoms with Crippen LogP contribution in [0.1, 0.15) is 11.1 Å². The molecule has 1 heterocycles. The lowest BCUT2D eigenvalue weighted by atomic mass is 10.1. The second-order valence-electron chi connectivity index (χ2n) is 6.89. The fourth-order valence-electron chi connectivity index (χ4n) is 3.62.